The zero-order chi connectivity index (χ0) is 11.4. The maximum Gasteiger partial charge on any atom is 0.0972 e. The van der Waals surface area contributed by atoms with E-state index in [9.17, 15) is 4.21 Å². The minimum absolute atomic E-state index is 0.166. The Bertz CT molecular complexity index is 182. The van der Waals surface area contributed by atoms with Crippen LogP contribution in [0.25, 0.3) is 0 Å². The lowest BCUT2D eigenvalue weighted by atomic mass is 9.96. The van der Waals surface area contributed by atoms with Crippen LogP contribution in [-0.2, 0) is 11.0 Å². The van der Waals surface area contributed by atoms with E-state index >= 15 is 0 Å². The molecule has 0 saturated carbocycles. The van der Waals surface area contributed by atoms with Gasteiger partial charge in [-0.2, -0.15) is 0 Å². The molecule has 0 bridgehead atoms. The molecule has 0 aliphatic rings. The first-order chi connectivity index (χ1) is 6.32. The van der Waals surface area contributed by atoms with Gasteiger partial charge in [0.15, 0.2) is 0 Å². The molecule has 0 fully saturated rings. The summed E-state index contributed by atoms with van der Waals surface area (Å²) < 4.78 is 14.8. The van der Waals surface area contributed by atoms with Gasteiger partial charge in [0, 0.05) is 6.04 Å². The summed E-state index contributed by atoms with van der Waals surface area (Å²) in [4.78, 5) is 0. The van der Waals surface area contributed by atoms with Crippen LogP contribution >= 0.6 is 0 Å². The molecule has 1 N–H and O–H groups in total. The van der Waals surface area contributed by atoms with E-state index in [1.54, 1.807) is 0 Å². The molecule has 0 rings (SSSR count). The lowest BCUT2D eigenvalue weighted by Crippen LogP contribution is -2.41. The molecule has 0 spiro atoms. The van der Waals surface area contributed by atoms with Gasteiger partial charge in [-0.15, -0.1) is 0 Å². The van der Waals surface area contributed by atoms with Crippen molar-refractivity contribution in [3.05, 3.63) is 0 Å². The van der Waals surface area contributed by atoms with Crippen LogP contribution in [0.1, 0.15) is 54.4 Å². The number of rotatable bonds is 5. The van der Waals surface area contributed by atoms with Gasteiger partial charge >= 0.3 is 0 Å². The van der Waals surface area contributed by atoms with Gasteiger partial charge in [0.1, 0.15) is 0 Å². The minimum atomic E-state index is -0.941. The summed E-state index contributed by atoms with van der Waals surface area (Å²) in [5.41, 5.74) is 0. The third kappa shape index (κ3) is 4.56. The summed E-state index contributed by atoms with van der Waals surface area (Å²) in [6.07, 6.45) is 2.29. The molecule has 3 heteroatoms. The van der Waals surface area contributed by atoms with Gasteiger partial charge in [-0.1, -0.05) is 26.7 Å². The maximum atomic E-state index is 11.8. The number of hydrogen-bond donors (Lipinski definition) is 1. The van der Waals surface area contributed by atoms with E-state index in [1.807, 2.05) is 20.8 Å². The van der Waals surface area contributed by atoms with Crippen molar-refractivity contribution in [2.24, 2.45) is 5.92 Å². The second-order valence-corrected chi connectivity index (χ2v) is 6.86. The lowest BCUT2D eigenvalue weighted by molar-refractivity contribution is 0.394. The largest absolute Gasteiger partial charge is 0.242 e. The minimum Gasteiger partial charge on any atom is -0.242 e. The molecule has 0 radical (unpaired) electrons. The van der Waals surface area contributed by atoms with E-state index < -0.39 is 11.0 Å². The number of hydrogen-bond acceptors (Lipinski definition) is 1. The van der Waals surface area contributed by atoms with Crippen LogP contribution in [0, 0.1) is 5.92 Å². The van der Waals surface area contributed by atoms with E-state index in [0.717, 1.165) is 12.8 Å². The summed E-state index contributed by atoms with van der Waals surface area (Å²) in [6, 6.07) is 0.338. The fourth-order valence-corrected chi connectivity index (χ4v) is 2.32. The van der Waals surface area contributed by atoms with Crippen molar-refractivity contribution in [1.82, 2.24) is 4.72 Å². The molecule has 2 atom stereocenters. The van der Waals surface area contributed by atoms with Gasteiger partial charge < -0.3 is 0 Å². The van der Waals surface area contributed by atoms with Crippen LogP contribution in [0.4, 0.5) is 0 Å². The monoisotopic (exact) mass is 219 g/mol. The van der Waals surface area contributed by atoms with Crippen molar-refractivity contribution in [3.63, 3.8) is 0 Å². The normalized spacial score (nSPS) is 17.1. The van der Waals surface area contributed by atoms with Crippen LogP contribution in [0.15, 0.2) is 0 Å². The van der Waals surface area contributed by atoms with Gasteiger partial charge in [-0.25, -0.2) is 8.93 Å². The molecular weight excluding hydrogens is 194 g/mol. The van der Waals surface area contributed by atoms with Crippen LogP contribution < -0.4 is 4.72 Å². The molecule has 0 heterocycles. The summed E-state index contributed by atoms with van der Waals surface area (Å²) >= 11 is 0. The standard InChI is InChI=1S/C11H25NOS/c1-7-10(8-2)9(3)12-14(13)11(4,5)6/h9-10,12H,7-8H2,1-6H3/t9-,14+/m0/s1. The van der Waals surface area contributed by atoms with Gasteiger partial charge in [0.2, 0.25) is 0 Å². The molecular formula is C11H25NOS. The predicted molar refractivity (Wildman–Crippen MR) is 64.6 cm³/mol. The molecule has 0 amide bonds. The highest BCUT2D eigenvalue weighted by Crippen LogP contribution is 2.16. The molecule has 0 saturated heterocycles. The highest BCUT2D eigenvalue weighted by molar-refractivity contribution is 7.84. The van der Waals surface area contributed by atoms with Crippen molar-refractivity contribution in [1.29, 1.82) is 0 Å². The average molecular weight is 219 g/mol. The zero-order valence-electron chi connectivity index (χ0n) is 10.4. The van der Waals surface area contributed by atoms with E-state index in [0.29, 0.717) is 12.0 Å². The molecule has 86 valence electrons. The predicted octanol–water partition coefficient (Wildman–Crippen LogP) is 2.86. The van der Waals surface area contributed by atoms with Crippen LogP contribution in [0.5, 0.6) is 0 Å². The van der Waals surface area contributed by atoms with Crippen molar-refractivity contribution in [3.8, 4) is 0 Å². The highest BCUT2D eigenvalue weighted by atomic mass is 32.2. The van der Waals surface area contributed by atoms with Crippen molar-refractivity contribution < 1.29 is 4.21 Å². The maximum absolute atomic E-state index is 11.8. The topological polar surface area (TPSA) is 29.1 Å². The molecule has 0 aromatic carbocycles. The molecule has 0 aromatic heterocycles. The SMILES string of the molecule is CCC(CC)[C@H](C)N[S@](=O)C(C)(C)C. The van der Waals surface area contributed by atoms with Crippen molar-refractivity contribution in [2.75, 3.05) is 0 Å². The quantitative estimate of drug-likeness (QED) is 0.757. The Balaban J connectivity index is 4.18. The summed E-state index contributed by atoms with van der Waals surface area (Å²) in [6.45, 7) is 12.5. The molecule has 0 unspecified atom stereocenters. The Hall–Kier alpha value is 0.110. The first kappa shape index (κ1) is 14.1. The highest BCUT2D eigenvalue weighted by Gasteiger charge is 2.23. The summed E-state index contributed by atoms with van der Waals surface area (Å²) in [5, 5.41) is 0. The second-order valence-electron chi connectivity index (χ2n) is 4.86. The summed E-state index contributed by atoms with van der Waals surface area (Å²) in [5.74, 6) is 0.626. The van der Waals surface area contributed by atoms with Gasteiger partial charge in [0.05, 0.1) is 15.7 Å². The first-order valence-corrected chi connectivity index (χ1v) is 6.65. The van der Waals surface area contributed by atoms with Crippen LogP contribution in [0.2, 0.25) is 0 Å². The molecule has 0 aliphatic heterocycles. The smallest absolute Gasteiger partial charge is 0.0972 e. The third-order valence-corrected chi connectivity index (χ3v) is 4.30. The first-order valence-electron chi connectivity index (χ1n) is 5.50. The summed E-state index contributed by atoms with van der Waals surface area (Å²) in [7, 11) is -0.941. The van der Waals surface area contributed by atoms with Gasteiger partial charge in [-0.3, -0.25) is 0 Å². The van der Waals surface area contributed by atoms with Crippen molar-refractivity contribution >= 4 is 11.0 Å². The fraction of sp³-hybridized carbons (Fsp3) is 1.00. The molecule has 0 aromatic rings. The lowest BCUT2D eigenvalue weighted by Gasteiger charge is -2.26. The van der Waals surface area contributed by atoms with E-state index in [1.165, 1.54) is 0 Å². The second kappa shape index (κ2) is 5.86. The Morgan fingerprint density at radius 2 is 1.64 bits per heavy atom. The Labute approximate surface area is 91.4 Å². The Morgan fingerprint density at radius 3 is 1.93 bits per heavy atom. The fourth-order valence-electron chi connectivity index (χ4n) is 1.44. The van der Waals surface area contributed by atoms with Gasteiger partial charge in [-0.05, 0) is 33.6 Å². The van der Waals surface area contributed by atoms with Crippen LogP contribution in [-0.4, -0.2) is 15.0 Å². The Kier molecular flexibility index (Phi) is 5.91. The third-order valence-electron chi connectivity index (χ3n) is 2.60. The molecule has 2 nitrogen and oxygen atoms in total. The van der Waals surface area contributed by atoms with Gasteiger partial charge in [0.25, 0.3) is 0 Å². The van der Waals surface area contributed by atoms with Crippen molar-refractivity contribution in [2.45, 2.75) is 65.2 Å². The zero-order valence-corrected chi connectivity index (χ0v) is 11.2. The van der Waals surface area contributed by atoms with Crippen LogP contribution in [0.3, 0.4) is 0 Å². The van der Waals surface area contributed by atoms with E-state index in [2.05, 4.69) is 25.5 Å². The van der Waals surface area contributed by atoms with E-state index in [4.69, 9.17) is 0 Å². The molecule has 14 heavy (non-hydrogen) atoms. The van der Waals surface area contributed by atoms with E-state index in [-0.39, 0.29) is 4.75 Å². The Morgan fingerprint density at radius 1 is 1.21 bits per heavy atom. The molecule has 0 aliphatic carbocycles. The number of nitrogens with one attached hydrogen (secondary N) is 1. The average Bonchev–Trinajstić information content (AvgIpc) is 2.04.